The van der Waals surface area contributed by atoms with Crippen molar-refractivity contribution < 1.29 is 19.0 Å². The average Bonchev–Trinajstić information content (AvgIpc) is 2.27. The lowest BCUT2D eigenvalue weighted by Crippen LogP contribution is -2.03. The van der Waals surface area contributed by atoms with Crippen molar-refractivity contribution in [2.75, 3.05) is 21.3 Å². The van der Waals surface area contributed by atoms with E-state index >= 15 is 0 Å². The van der Waals surface area contributed by atoms with Crippen LogP contribution < -0.4 is 9.47 Å². The third kappa shape index (κ3) is 2.52. The molecule has 16 heavy (non-hydrogen) atoms. The molecule has 0 aliphatic heterocycles. The molecule has 1 aromatic rings. The van der Waals surface area contributed by atoms with Crippen LogP contribution >= 0.6 is 0 Å². The highest BCUT2D eigenvalue weighted by molar-refractivity contribution is 5.99. The van der Waals surface area contributed by atoms with Crippen molar-refractivity contribution in [3.63, 3.8) is 0 Å². The molecular formula is C12H16O4. The summed E-state index contributed by atoms with van der Waals surface area (Å²) in [5, 5.41) is 0. The van der Waals surface area contributed by atoms with Gasteiger partial charge in [0.2, 0.25) is 0 Å². The van der Waals surface area contributed by atoms with Gasteiger partial charge in [-0.15, -0.1) is 0 Å². The summed E-state index contributed by atoms with van der Waals surface area (Å²) >= 11 is 0. The number of hydrogen-bond acceptors (Lipinski definition) is 4. The molecule has 0 N–H and O–H groups in total. The summed E-state index contributed by atoms with van der Waals surface area (Å²) in [4.78, 5) is 11.5. The van der Waals surface area contributed by atoms with E-state index in [4.69, 9.17) is 14.2 Å². The zero-order valence-corrected chi connectivity index (χ0v) is 9.99. The molecular weight excluding hydrogens is 208 g/mol. The van der Waals surface area contributed by atoms with Gasteiger partial charge < -0.3 is 14.2 Å². The second kappa shape index (κ2) is 5.51. The minimum atomic E-state index is -0.0855. The maximum absolute atomic E-state index is 11.5. The molecule has 1 aromatic carbocycles. The highest BCUT2D eigenvalue weighted by atomic mass is 16.5. The summed E-state index contributed by atoms with van der Waals surface area (Å²) in [5.41, 5.74) is 1.37. The second-order valence-electron chi connectivity index (χ2n) is 3.36. The monoisotopic (exact) mass is 224 g/mol. The molecule has 0 saturated carbocycles. The first kappa shape index (κ1) is 12.5. The summed E-state index contributed by atoms with van der Waals surface area (Å²) in [7, 11) is 4.66. The van der Waals surface area contributed by atoms with Gasteiger partial charge in [0.1, 0.15) is 17.1 Å². The smallest absolute Gasteiger partial charge is 0.167 e. The van der Waals surface area contributed by atoms with Gasteiger partial charge in [-0.05, 0) is 24.6 Å². The molecule has 0 fully saturated rings. The second-order valence-corrected chi connectivity index (χ2v) is 3.36. The zero-order chi connectivity index (χ0) is 12.1. The fraction of sp³-hybridized carbons (Fsp3) is 0.417. The van der Waals surface area contributed by atoms with Crippen LogP contribution in [-0.2, 0) is 11.3 Å². The van der Waals surface area contributed by atoms with Crippen LogP contribution in [0.2, 0.25) is 0 Å². The number of carbonyl (C=O) groups is 1. The van der Waals surface area contributed by atoms with E-state index in [2.05, 4.69) is 0 Å². The number of Topliss-reactive ketones (excluding diaryl/α,β-unsaturated/α-hetero) is 1. The Morgan fingerprint density at radius 1 is 1.12 bits per heavy atom. The first-order valence-corrected chi connectivity index (χ1v) is 4.88. The van der Waals surface area contributed by atoms with Gasteiger partial charge in [0, 0.05) is 7.11 Å². The summed E-state index contributed by atoms with van der Waals surface area (Å²) in [5.74, 6) is 0.940. The van der Waals surface area contributed by atoms with Crippen molar-refractivity contribution >= 4 is 5.78 Å². The lowest BCUT2D eigenvalue weighted by atomic mass is 10.1. The van der Waals surface area contributed by atoms with Crippen LogP contribution in [0, 0.1) is 0 Å². The van der Waals surface area contributed by atoms with E-state index in [0.29, 0.717) is 23.7 Å². The normalized spacial score (nSPS) is 10.0. The van der Waals surface area contributed by atoms with E-state index in [9.17, 15) is 4.79 Å². The van der Waals surface area contributed by atoms with E-state index in [1.54, 1.807) is 19.2 Å². The molecule has 88 valence electrons. The largest absolute Gasteiger partial charge is 0.496 e. The van der Waals surface area contributed by atoms with Crippen molar-refractivity contribution in [2.24, 2.45) is 0 Å². The van der Waals surface area contributed by atoms with Crippen LogP contribution in [0.3, 0.4) is 0 Å². The van der Waals surface area contributed by atoms with E-state index in [1.165, 1.54) is 21.1 Å². The lowest BCUT2D eigenvalue weighted by molar-refractivity contribution is 0.101. The van der Waals surface area contributed by atoms with Gasteiger partial charge in [-0.1, -0.05) is 0 Å². The Morgan fingerprint density at radius 3 is 1.94 bits per heavy atom. The molecule has 0 unspecified atom stereocenters. The van der Waals surface area contributed by atoms with Gasteiger partial charge >= 0.3 is 0 Å². The predicted octanol–water partition coefficient (Wildman–Crippen LogP) is 2.05. The molecule has 0 amide bonds. The minimum Gasteiger partial charge on any atom is -0.496 e. The number of methoxy groups -OCH3 is 3. The van der Waals surface area contributed by atoms with E-state index in [1.807, 2.05) is 0 Å². The fourth-order valence-corrected chi connectivity index (χ4v) is 1.56. The highest BCUT2D eigenvalue weighted by Gasteiger charge is 2.16. The van der Waals surface area contributed by atoms with Crippen molar-refractivity contribution in [2.45, 2.75) is 13.5 Å². The fourth-order valence-electron chi connectivity index (χ4n) is 1.56. The maximum Gasteiger partial charge on any atom is 0.167 e. The molecule has 1 rings (SSSR count). The first-order valence-electron chi connectivity index (χ1n) is 4.88. The summed E-state index contributed by atoms with van der Waals surface area (Å²) < 4.78 is 15.4. The molecule has 0 heterocycles. The SMILES string of the molecule is COCc1cc(OC)c(C(C)=O)c(OC)c1. The third-order valence-corrected chi connectivity index (χ3v) is 2.23. The van der Waals surface area contributed by atoms with Crippen LogP contribution in [0.1, 0.15) is 22.8 Å². The minimum absolute atomic E-state index is 0.0855. The molecule has 0 aliphatic carbocycles. The van der Waals surface area contributed by atoms with Crippen LogP contribution in [0.4, 0.5) is 0 Å². The molecule has 4 nitrogen and oxygen atoms in total. The predicted molar refractivity (Wildman–Crippen MR) is 60.3 cm³/mol. The third-order valence-electron chi connectivity index (χ3n) is 2.23. The molecule has 0 saturated heterocycles. The van der Waals surface area contributed by atoms with Crippen molar-refractivity contribution in [3.8, 4) is 11.5 Å². The zero-order valence-electron chi connectivity index (χ0n) is 9.99. The molecule has 0 bridgehead atoms. The summed E-state index contributed by atoms with van der Waals surface area (Å²) in [6.07, 6.45) is 0. The van der Waals surface area contributed by atoms with Crippen LogP contribution in [0.15, 0.2) is 12.1 Å². The van der Waals surface area contributed by atoms with Gasteiger partial charge in [-0.3, -0.25) is 4.79 Å². The first-order chi connectivity index (χ1) is 7.63. The molecule has 4 heteroatoms. The van der Waals surface area contributed by atoms with E-state index in [0.717, 1.165) is 5.56 Å². The molecule has 0 spiro atoms. The Bertz CT molecular complexity index is 360. The topological polar surface area (TPSA) is 44.8 Å². The lowest BCUT2D eigenvalue weighted by Gasteiger charge is -2.13. The Kier molecular flexibility index (Phi) is 4.31. The molecule has 0 radical (unpaired) electrons. The Labute approximate surface area is 95.1 Å². The van der Waals surface area contributed by atoms with Crippen LogP contribution in [0.5, 0.6) is 11.5 Å². The molecule has 0 atom stereocenters. The van der Waals surface area contributed by atoms with Gasteiger partial charge in [0.05, 0.1) is 20.8 Å². The van der Waals surface area contributed by atoms with Crippen molar-refractivity contribution in [1.29, 1.82) is 0 Å². The van der Waals surface area contributed by atoms with Crippen LogP contribution in [-0.4, -0.2) is 27.1 Å². The van der Waals surface area contributed by atoms with Gasteiger partial charge in [0.25, 0.3) is 0 Å². The number of carbonyl (C=O) groups excluding carboxylic acids is 1. The standard InChI is InChI=1S/C12H16O4/c1-8(13)12-10(15-3)5-9(7-14-2)6-11(12)16-4/h5-6H,7H2,1-4H3. The highest BCUT2D eigenvalue weighted by Crippen LogP contribution is 2.31. The quantitative estimate of drug-likeness (QED) is 0.718. The maximum atomic E-state index is 11.5. The Balaban J connectivity index is 3.31. The Hall–Kier alpha value is -1.55. The average molecular weight is 224 g/mol. The number of hydrogen-bond donors (Lipinski definition) is 0. The summed E-state index contributed by atoms with van der Waals surface area (Å²) in [6, 6.07) is 3.56. The molecule has 0 aromatic heterocycles. The number of ketones is 1. The van der Waals surface area contributed by atoms with Gasteiger partial charge in [-0.2, -0.15) is 0 Å². The van der Waals surface area contributed by atoms with Crippen molar-refractivity contribution in [3.05, 3.63) is 23.3 Å². The molecule has 0 aliphatic rings. The Morgan fingerprint density at radius 2 is 1.62 bits per heavy atom. The van der Waals surface area contributed by atoms with Crippen molar-refractivity contribution in [1.82, 2.24) is 0 Å². The number of rotatable bonds is 5. The van der Waals surface area contributed by atoms with Gasteiger partial charge in [0.15, 0.2) is 5.78 Å². The van der Waals surface area contributed by atoms with E-state index < -0.39 is 0 Å². The number of ether oxygens (including phenoxy) is 3. The van der Waals surface area contributed by atoms with Gasteiger partial charge in [-0.25, -0.2) is 0 Å². The van der Waals surface area contributed by atoms with E-state index in [-0.39, 0.29) is 5.78 Å². The van der Waals surface area contributed by atoms with Crippen LogP contribution in [0.25, 0.3) is 0 Å². The summed E-state index contributed by atoms with van der Waals surface area (Å²) in [6.45, 7) is 1.93. The number of benzene rings is 1.